The number of amides is 2. The van der Waals surface area contributed by atoms with E-state index in [4.69, 9.17) is 0 Å². The highest BCUT2D eigenvalue weighted by atomic mass is 16.2. The van der Waals surface area contributed by atoms with E-state index in [1.807, 2.05) is 4.90 Å². The van der Waals surface area contributed by atoms with Crippen molar-refractivity contribution in [3.05, 3.63) is 0 Å². The first-order valence-electron chi connectivity index (χ1n) is 7.27. The van der Waals surface area contributed by atoms with Crippen LogP contribution in [0.1, 0.15) is 26.7 Å². The van der Waals surface area contributed by atoms with Crippen LogP contribution >= 0.6 is 0 Å². The van der Waals surface area contributed by atoms with Gasteiger partial charge in [-0.2, -0.15) is 0 Å². The van der Waals surface area contributed by atoms with Crippen LogP contribution in [-0.2, 0) is 0 Å². The molecule has 0 aromatic heterocycles. The van der Waals surface area contributed by atoms with Crippen molar-refractivity contribution in [2.24, 2.45) is 17.8 Å². The highest BCUT2D eigenvalue weighted by Gasteiger charge is 2.40. The maximum Gasteiger partial charge on any atom is 0.317 e. The molecule has 18 heavy (non-hydrogen) atoms. The zero-order valence-electron chi connectivity index (χ0n) is 12.0. The Hall–Kier alpha value is -0.770. The standard InChI is InChI=1S/C14H27N3O/c1-11(2)5-4-6-15-14(18)17-9-12-7-16(3)8-13(12)10-17/h11-13H,4-10H2,1-3H3,(H,15,18). The van der Waals surface area contributed by atoms with Crippen LogP contribution < -0.4 is 5.32 Å². The van der Waals surface area contributed by atoms with Crippen LogP contribution in [0.3, 0.4) is 0 Å². The van der Waals surface area contributed by atoms with Crippen molar-refractivity contribution < 1.29 is 4.79 Å². The predicted molar refractivity (Wildman–Crippen MR) is 73.5 cm³/mol. The molecule has 0 aliphatic carbocycles. The number of nitrogens with zero attached hydrogens (tertiary/aromatic N) is 2. The van der Waals surface area contributed by atoms with Crippen LogP contribution in [0.25, 0.3) is 0 Å². The summed E-state index contributed by atoms with van der Waals surface area (Å²) >= 11 is 0. The Bertz CT molecular complexity index is 279. The van der Waals surface area contributed by atoms with Gasteiger partial charge in [0.05, 0.1) is 0 Å². The van der Waals surface area contributed by atoms with Crippen molar-refractivity contribution >= 4 is 6.03 Å². The van der Waals surface area contributed by atoms with E-state index in [1.54, 1.807) is 0 Å². The van der Waals surface area contributed by atoms with Crippen LogP contribution in [0, 0.1) is 17.8 Å². The van der Waals surface area contributed by atoms with Crippen LogP contribution in [0.4, 0.5) is 4.79 Å². The van der Waals surface area contributed by atoms with Gasteiger partial charge < -0.3 is 15.1 Å². The molecular formula is C14H27N3O. The molecule has 2 aliphatic rings. The van der Waals surface area contributed by atoms with Gasteiger partial charge in [-0.1, -0.05) is 13.8 Å². The Morgan fingerprint density at radius 1 is 1.22 bits per heavy atom. The molecule has 2 atom stereocenters. The molecule has 0 spiro atoms. The quantitative estimate of drug-likeness (QED) is 0.773. The molecule has 2 fully saturated rings. The molecule has 1 N–H and O–H groups in total. The number of fused-ring (bicyclic) bond motifs is 1. The summed E-state index contributed by atoms with van der Waals surface area (Å²) in [5.41, 5.74) is 0. The first-order valence-corrected chi connectivity index (χ1v) is 7.27. The molecule has 0 bridgehead atoms. The second kappa shape index (κ2) is 5.91. The summed E-state index contributed by atoms with van der Waals surface area (Å²) in [6.07, 6.45) is 2.28. The number of hydrogen-bond acceptors (Lipinski definition) is 2. The summed E-state index contributed by atoms with van der Waals surface area (Å²) in [7, 11) is 2.18. The van der Waals surface area contributed by atoms with E-state index < -0.39 is 0 Å². The number of hydrogen-bond donors (Lipinski definition) is 1. The van der Waals surface area contributed by atoms with E-state index in [9.17, 15) is 4.79 Å². The summed E-state index contributed by atoms with van der Waals surface area (Å²) in [5.74, 6) is 2.14. The normalized spacial score (nSPS) is 27.9. The van der Waals surface area contributed by atoms with Crippen molar-refractivity contribution in [1.82, 2.24) is 15.1 Å². The van der Waals surface area contributed by atoms with Crippen molar-refractivity contribution in [1.29, 1.82) is 0 Å². The molecule has 104 valence electrons. The fourth-order valence-electron chi connectivity index (χ4n) is 3.21. The number of rotatable bonds is 4. The van der Waals surface area contributed by atoms with Gasteiger partial charge >= 0.3 is 6.03 Å². The molecule has 2 amide bonds. The molecule has 0 aromatic carbocycles. The molecule has 2 rings (SSSR count). The van der Waals surface area contributed by atoms with Crippen LogP contribution in [0.5, 0.6) is 0 Å². The number of likely N-dealkylation sites (tertiary alicyclic amines) is 2. The van der Waals surface area contributed by atoms with E-state index in [2.05, 4.69) is 31.1 Å². The first-order chi connectivity index (χ1) is 8.56. The Balaban J connectivity index is 1.66. The third kappa shape index (κ3) is 3.37. The fourth-order valence-corrected chi connectivity index (χ4v) is 3.21. The maximum absolute atomic E-state index is 12.0. The average Bonchev–Trinajstić information content (AvgIpc) is 2.80. The van der Waals surface area contributed by atoms with Gasteiger partial charge in [-0.3, -0.25) is 0 Å². The average molecular weight is 253 g/mol. The molecule has 0 aromatic rings. The largest absolute Gasteiger partial charge is 0.338 e. The van der Waals surface area contributed by atoms with E-state index >= 15 is 0 Å². The SMILES string of the molecule is CC(C)CCCNC(=O)N1CC2CN(C)CC2C1. The van der Waals surface area contributed by atoms with Gasteiger partial charge in [-0.05, 0) is 37.6 Å². The summed E-state index contributed by atoms with van der Waals surface area (Å²) in [4.78, 5) is 16.4. The highest BCUT2D eigenvalue weighted by Crippen LogP contribution is 2.29. The lowest BCUT2D eigenvalue weighted by Crippen LogP contribution is -2.40. The molecule has 2 unspecified atom stereocenters. The minimum absolute atomic E-state index is 0.149. The predicted octanol–water partition coefficient (Wildman–Crippen LogP) is 1.63. The molecule has 0 radical (unpaired) electrons. The molecule has 2 heterocycles. The summed E-state index contributed by atoms with van der Waals surface area (Å²) in [5, 5.41) is 3.05. The van der Waals surface area contributed by atoms with Crippen LogP contribution in [-0.4, -0.2) is 55.6 Å². The van der Waals surface area contributed by atoms with Gasteiger partial charge in [0.15, 0.2) is 0 Å². The zero-order valence-corrected chi connectivity index (χ0v) is 12.0. The topological polar surface area (TPSA) is 35.6 Å². The molecular weight excluding hydrogens is 226 g/mol. The van der Waals surface area contributed by atoms with E-state index in [-0.39, 0.29) is 6.03 Å². The van der Waals surface area contributed by atoms with Crippen molar-refractivity contribution in [2.45, 2.75) is 26.7 Å². The molecule has 2 saturated heterocycles. The van der Waals surface area contributed by atoms with Gasteiger partial charge in [0.2, 0.25) is 0 Å². The van der Waals surface area contributed by atoms with Crippen LogP contribution in [0.15, 0.2) is 0 Å². The Morgan fingerprint density at radius 3 is 2.39 bits per heavy atom. The summed E-state index contributed by atoms with van der Waals surface area (Å²) in [6, 6.07) is 0.149. The number of carbonyl (C=O) groups is 1. The third-order valence-electron chi connectivity index (χ3n) is 4.19. The van der Waals surface area contributed by atoms with Crippen LogP contribution in [0.2, 0.25) is 0 Å². The Kier molecular flexibility index (Phi) is 4.49. The fraction of sp³-hybridized carbons (Fsp3) is 0.929. The summed E-state index contributed by atoms with van der Waals surface area (Å²) < 4.78 is 0. The number of nitrogens with one attached hydrogen (secondary N) is 1. The Morgan fingerprint density at radius 2 is 1.83 bits per heavy atom. The lowest BCUT2D eigenvalue weighted by atomic mass is 10.0. The lowest BCUT2D eigenvalue weighted by Gasteiger charge is -2.20. The Labute approximate surface area is 111 Å². The van der Waals surface area contributed by atoms with E-state index in [0.717, 1.165) is 45.1 Å². The van der Waals surface area contributed by atoms with Gasteiger partial charge in [-0.15, -0.1) is 0 Å². The molecule has 2 aliphatic heterocycles. The number of urea groups is 1. The molecule has 4 nitrogen and oxygen atoms in total. The second-order valence-corrected chi connectivity index (χ2v) is 6.41. The number of carbonyl (C=O) groups excluding carboxylic acids is 1. The highest BCUT2D eigenvalue weighted by molar-refractivity contribution is 5.74. The second-order valence-electron chi connectivity index (χ2n) is 6.41. The van der Waals surface area contributed by atoms with Crippen molar-refractivity contribution in [3.63, 3.8) is 0 Å². The monoisotopic (exact) mass is 253 g/mol. The van der Waals surface area contributed by atoms with Gasteiger partial charge in [0.25, 0.3) is 0 Å². The summed E-state index contributed by atoms with van der Waals surface area (Å²) in [6.45, 7) is 9.47. The molecule has 4 heteroatoms. The maximum atomic E-state index is 12.0. The van der Waals surface area contributed by atoms with E-state index in [0.29, 0.717) is 11.8 Å². The van der Waals surface area contributed by atoms with Gasteiger partial charge in [0.1, 0.15) is 0 Å². The first kappa shape index (κ1) is 13.7. The van der Waals surface area contributed by atoms with E-state index in [1.165, 1.54) is 6.42 Å². The minimum atomic E-state index is 0.149. The minimum Gasteiger partial charge on any atom is -0.338 e. The van der Waals surface area contributed by atoms with Crippen molar-refractivity contribution in [3.8, 4) is 0 Å². The lowest BCUT2D eigenvalue weighted by molar-refractivity contribution is 0.201. The zero-order chi connectivity index (χ0) is 13.1. The van der Waals surface area contributed by atoms with Crippen molar-refractivity contribution in [2.75, 3.05) is 39.8 Å². The van der Waals surface area contributed by atoms with Gasteiger partial charge in [-0.25, -0.2) is 4.79 Å². The smallest absolute Gasteiger partial charge is 0.317 e. The molecule has 0 saturated carbocycles. The third-order valence-corrected chi connectivity index (χ3v) is 4.19. The van der Waals surface area contributed by atoms with Gasteiger partial charge in [0, 0.05) is 32.7 Å².